The third-order valence-corrected chi connectivity index (χ3v) is 12.6. The molecule has 6 aliphatic rings. The molecule has 4 aliphatic heterocycles. The lowest BCUT2D eigenvalue weighted by Crippen LogP contribution is -2.65. The Morgan fingerprint density at radius 3 is 2.43 bits per heavy atom. The van der Waals surface area contributed by atoms with Gasteiger partial charge in [0.05, 0.1) is 23.9 Å². The molecule has 5 atom stereocenters. The Kier molecular flexibility index (Phi) is 10.00. The molecule has 1 unspecified atom stereocenters. The van der Waals surface area contributed by atoms with E-state index >= 15 is 0 Å². The molecule has 0 aromatic heterocycles. The molecule has 56 heavy (non-hydrogen) atoms. The van der Waals surface area contributed by atoms with Gasteiger partial charge in [-0.3, -0.25) is 43.8 Å². The van der Waals surface area contributed by atoms with Gasteiger partial charge in [-0.25, -0.2) is 4.79 Å². The molecule has 4 fully saturated rings. The Morgan fingerprint density at radius 1 is 0.982 bits per heavy atom. The van der Waals surface area contributed by atoms with Crippen molar-refractivity contribution < 1.29 is 52.6 Å². The Hall–Kier alpha value is -5.60. The molecule has 296 valence electrons. The zero-order chi connectivity index (χ0) is 40.2. The van der Waals surface area contributed by atoms with Gasteiger partial charge in [-0.05, 0) is 83.4 Å². The minimum absolute atomic E-state index is 0.0363. The first kappa shape index (κ1) is 38.7. The number of cyclic esters (lactones) is 1. The summed E-state index contributed by atoms with van der Waals surface area (Å²) in [5.41, 5.74) is -1.60. The lowest BCUT2D eigenvalue weighted by Gasteiger charge is -2.54. The van der Waals surface area contributed by atoms with Gasteiger partial charge < -0.3 is 24.4 Å². The summed E-state index contributed by atoms with van der Waals surface area (Å²) in [5, 5.41) is 5.30. The smallest absolute Gasteiger partial charge is 0.333 e. The highest BCUT2D eigenvalue weighted by Crippen LogP contribution is 2.65. The molecule has 2 bridgehead atoms. The van der Waals surface area contributed by atoms with Gasteiger partial charge in [-0.15, -0.1) is 0 Å². The largest absolute Gasteiger partial charge is 0.466 e. The standard InChI is InChI=1S/C41H46N4O11/c1-23(7-6-17-39(3)30-14-19-40(38(53)56-39)18-12-25(37(52)54-4)13-20-41(30,40)55-24(2)46)33(48)42-26-15-21-44(22-16-26)28-9-5-8-27-32(28)36(51)45(35(27)50)29-10-11-31(47)43-34(29)49/h5-9,12,17,26,29-30H,10-11,13-16,18-22H2,1-4H3,(H,42,48)(H,43,47,49)/b17-6+,23-7+/t29?,30-,39-,40-,41+/m1/s1. The molecule has 1 aromatic carbocycles. The number of carbonyl (C=O) groups excluding carboxylic acids is 8. The zero-order valence-electron chi connectivity index (χ0n) is 31.9. The van der Waals surface area contributed by atoms with E-state index < -0.39 is 70.1 Å². The molecular weight excluding hydrogens is 724 g/mol. The van der Waals surface area contributed by atoms with Crippen LogP contribution in [0.3, 0.4) is 0 Å². The highest BCUT2D eigenvalue weighted by Gasteiger charge is 2.74. The van der Waals surface area contributed by atoms with Crippen LogP contribution in [0, 0.1) is 11.3 Å². The molecule has 7 rings (SSSR count). The number of imide groups is 2. The number of hydrogen-bond acceptors (Lipinski definition) is 12. The Labute approximate surface area is 323 Å². The molecule has 1 saturated carbocycles. The monoisotopic (exact) mass is 770 g/mol. The Bertz CT molecular complexity index is 2030. The third kappa shape index (κ3) is 6.30. The van der Waals surface area contributed by atoms with Crippen LogP contribution in [-0.4, -0.2) is 95.8 Å². The van der Waals surface area contributed by atoms with Crippen molar-refractivity contribution in [2.75, 3.05) is 25.1 Å². The van der Waals surface area contributed by atoms with Crippen molar-refractivity contribution in [2.45, 2.75) is 102 Å². The number of carbonyl (C=O) groups is 8. The van der Waals surface area contributed by atoms with E-state index in [1.807, 2.05) is 4.90 Å². The first-order chi connectivity index (χ1) is 26.6. The predicted molar refractivity (Wildman–Crippen MR) is 197 cm³/mol. The highest BCUT2D eigenvalue weighted by molar-refractivity contribution is 6.25. The number of allylic oxidation sites excluding steroid dienone is 3. The number of benzene rings is 1. The summed E-state index contributed by atoms with van der Waals surface area (Å²) in [5.74, 6) is -4.40. The van der Waals surface area contributed by atoms with E-state index in [0.29, 0.717) is 55.6 Å². The van der Waals surface area contributed by atoms with E-state index in [0.717, 1.165) is 4.90 Å². The van der Waals surface area contributed by atoms with Gasteiger partial charge in [-0.2, -0.15) is 0 Å². The van der Waals surface area contributed by atoms with Crippen molar-refractivity contribution in [3.05, 3.63) is 64.8 Å². The average Bonchev–Trinajstić information content (AvgIpc) is 3.49. The van der Waals surface area contributed by atoms with Gasteiger partial charge in [-0.1, -0.05) is 24.3 Å². The first-order valence-corrected chi connectivity index (χ1v) is 19.1. The average molecular weight is 771 g/mol. The number of esters is 3. The van der Waals surface area contributed by atoms with Crippen molar-refractivity contribution in [2.24, 2.45) is 11.3 Å². The summed E-state index contributed by atoms with van der Waals surface area (Å²) in [4.78, 5) is 106. The van der Waals surface area contributed by atoms with Crippen LogP contribution >= 0.6 is 0 Å². The van der Waals surface area contributed by atoms with Crippen LogP contribution in [0.15, 0.2) is 53.6 Å². The second-order valence-electron chi connectivity index (χ2n) is 15.7. The van der Waals surface area contributed by atoms with E-state index in [9.17, 15) is 38.4 Å². The molecule has 2 aliphatic carbocycles. The molecule has 3 saturated heterocycles. The number of ether oxygens (including phenoxy) is 3. The van der Waals surface area contributed by atoms with Crippen LogP contribution in [-0.2, 0) is 43.0 Å². The molecule has 0 spiro atoms. The second kappa shape index (κ2) is 14.5. The van der Waals surface area contributed by atoms with Gasteiger partial charge in [0.25, 0.3) is 11.8 Å². The SMILES string of the molecule is COC(=O)C1=CC[C@@]23CC[C@H]([C@@](C)(/C=C/C=C(\C)C(=O)NC4CCN(c5cccc6c5C(=O)N(C5CCC(=O)NC5=O)C6=O)CC4)OC2=O)[C@@]3(OC(C)=O)CC1. The van der Waals surface area contributed by atoms with Crippen LogP contribution in [0.25, 0.3) is 0 Å². The van der Waals surface area contributed by atoms with Crippen molar-refractivity contribution in [1.29, 1.82) is 0 Å². The quantitative estimate of drug-likeness (QED) is 0.129. The molecule has 2 N–H and O–H groups in total. The van der Waals surface area contributed by atoms with Crippen LogP contribution in [0.4, 0.5) is 5.69 Å². The summed E-state index contributed by atoms with van der Waals surface area (Å²) < 4.78 is 17.2. The summed E-state index contributed by atoms with van der Waals surface area (Å²) in [6.07, 6.45) is 9.72. The maximum atomic E-state index is 13.9. The predicted octanol–water partition coefficient (Wildman–Crippen LogP) is 2.97. The molecule has 5 amide bonds. The first-order valence-electron chi connectivity index (χ1n) is 19.1. The summed E-state index contributed by atoms with van der Waals surface area (Å²) >= 11 is 0. The highest BCUT2D eigenvalue weighted by atomic mass is 16.6. The lowest BCUT2D eigenvalue weighted by atomic mass is 9.62. The van der Waals surface area contributed by atoms with Crippen molar-refractivity contribution >= 4 is 53.1 Å². The summed E-state index contributed by atoms with van der Waals surface area (Å²) in [6, 6.07) is 3.82. The molecular formula is C41H46N4O11. The molecule has 4 heterocycles. The minimum Gasteiger partial charge on any atom is -0.466 e. The molecule has 15 heteroatoms. The van der Waals surface area contributed by atoms with E-state index in [4.69, 9.17) is 14.2 Å². The summed E-state index contributed by atoms with van der Waals surface area (Å²) in [7, 11) is 1.30. The molecule has 15 nitrogen and oxygen atoms in total. The van der Waals surface area contributed by atoms with Crippen molar-refractivity contribution in [3.63, 3.8) is 0 Å². The van der Waals surface area contributed by atoms with Gasteiger partial charge in [0.1, 0.15) is 22.7 Å². The fourth-order valence-electron chi connectivity index (χ4n) is 9.78. The number of anilines is 1. The lowest BCUT2D eigenvalue weighted by molar-refractivity contribution is -0.235. The van der Waals surface area contributed by atoms with Gasteiger partial charge in [0, 0.05) is 49.5 Å². The topological polar surface area (TPSA) is 195 Å². The fraction of sp³-hybridized carbons (Fsp3) is 0.512. The van der Waals surface area contributed by atoms with Gasteiger partial charge >= 0.3 is 17.9 Å². The van der Waals surface area contributed by atoms with E-state index in [-0.39, 0.29) is 55.2 Å². The zero-order valence-corrected chi connectivity index (χ0v) is 31.9. The van der Waals surface area contributed by atoms with Gasteiger partial charge in [0.2, 0.25) is 17.7 Å². The number of rotatable bonds is 8. The van der Waals surface area contributed by atoms with Crippen LogP contribution in [0.5, 0.6) is 0 Å². The number of hydrogen-bond donors (Lipinski definition) is 2. The number of piperidine rings is 2. The second-order valence-corrected chi connectivity index (χ2v) is 15.7. The van der Waals surface area contributed by atoms with Crippen LogP contribution in [0.1, 0.15) is 99.3 Å². The van der Waals surface area contributed by atoms with E-state index in [1.54, 1.807) is 56.4 Å². The molecule has 0 radical (unpaired) electrons. The molecule has 1 aromatic rings. The number of fused-ring (bicyclic) bond motifs is 1. The Morgan fingerprint density at radius 2 is 1.73 bits per heavy atom. The maximum absolute atomic E-state index is 13.9. The van der Waals surface area contributed by atoms with Crippen molar-refractivity contribution in [3.8, 4) is 0 Å². The fourth-order valence-corrected chi connectivity index (χ4v) is 9.78. The number of nitrogens with zero attached hydrogens (tertiary/aromatic N) is 2. The van der Waals surface area contributed by atoms with E-state index in [2.05, 4.69) is 10.6 Å². The number of nitrogens with one attached hydrogen (secondary N) is 2. The summed E-state index contributed by atoms with van der Waals surface area (Å²) in [6.45, 7) is 5.77. The maximum Gasteiger partial charge on any atom is 0.333 e. The Balaban J connectivity index is 0.996. The number of methoxy groups -OCH3 is 1. The number of amides is 5. The van der Waals surface area contributed by atoms with Crippen molar-refractivity contribution in [1.82, 2.24) is 15.5 Å². The minimum atomic E-state index is -1.19. The normalized spacial score (nSPS) is 30.6. The third-order valence-electron chi connectivity index (χ3n) is 12.6. The van der Waals surface area contributed by atoms with Crippen LogP contribution in [0.2, 0.25) is 0 Å². The van der Waals surface area contributed by atoms with Gasteiger partial charge in [0.15, 0.2) is 0 Å². The van der Waals surface area contributed by atoms with Crippen LogP contribution < -0.4 is 15.5 Å². The van der Waals surface area contributed by atoms with E-state index in [1.165, 1.54) is 14.0 Å².